The number of hydrogen-bond acceptors (Lipinski definition) is 4. The number of benzene rings is 1. The fourth-order valence-corrected chi connectivity index (χ4v) is 1.71. The van der Waals surface area contributed by atoms with Gasteiger partial charge in [0.1, 0.15) is 11.5 Å². The zero-order chi connectivity index (χ0) is 14.5. The van der Waals surface area contributed by atoms with Gasteiger partial charge in [-0.05, 0) is 31.2 Å². The van der Waals surface area contributed by atoms with E-state index in [4.69, 9.17) is 0 Å². The van der Waals surface area contributed by atoms with Gasteiger partial charge in [-0.25, -0.2) is 4.98 Å². The van der Waals surface area contributed by atoms with E-state index in [0.717, 1.165) is 0 Å². The van der Waals surface area contributed by atoms with E-state index in [-0.39, 0.29) is 11.7 Å². The molecule has 0 radical (unpaired) electrons. The van der Waals surface area contributed by atoms with Crippen LogP contribution in [-0.2, 0) is 0 Å². The lowest BCUT2D eigenvalue weighted by atomic mass is 10.1. The molecule has 20 heavy (non-hydrogen) atoms. The highest BCUT2D eigenvalue weighted by Gasteiger charge is 2.09. The number of pyridine rings is 1. The Hall–Kier alpha value is -2.69. The molecule has 1 heterocycles. The summed E-state index contributed by atoms with van der Waals surface area (Å²) in [6, 6.07) is 12.0. The Morgan fingerprint density at radius 2 is 1.85 bits per heavy atom. The van der Waals surface area contributed by atoms with Gasteiger partial charge in [0.15, 0.2) is 5.78 Å². The highest BCUT2D eigenvalue weighted by Crippen LogP contribution is 2.13. The number of nitrogens with one attached hydrogen (secondary N) is 2. The molecule has 1 aromatic carbocycles. The Morgan fingerprint density at radius 1 is 1.10 bits per heavy atom. The standard InChI is InChI=1S/C15H15N3O2/c1-10(19)11-5-3-6-12(9-11)17-15(20)13-7-4-8-14(16-2)18-13/h3-9H,1-2H3,(H,16,18)(H,17,20). The molecule has 5 heteroatoms. The molecule has 5 nitrogen and oxygen atoms in total. The summed E-state index contributed by atoms with van der Waals surface area (Å²) in [6.07, 6.45) is 0. The summed E-state index contributed by atoms with van der Waals surface area (Å²) in [5.74, 6) is 0.259. The third-order valence-corrected chi connectivity index (χ3v) is 2.76. The first-order valence-electron chi connectivity index (χ1n) is 6.17. The number of Topliss-reactive ketones (excluding diaryl/α,β-unsaturated/α-hetero) is 1. The largest absolute Gasteiger partial charge is 0.373 e. The minimum Gasteiger partial charge on any atom is -0.373 e. The third-order valence-electron chi connectivity index (χ3n) is 2.76. The summed E-state index contributed by atoms with van der Waals surface area (Å²) in [4.78, 5) is 27.5. The van der Waals surface area contributed by atoms with Crippen molar-refractivity contribution in [2.45, 2.75) is 6.92 Å². The lowest BCUT2D eigenvalue weighted by Gasteiger charge is -2.07. The molecule has 0 bridgehead atoms. The SMILES string of the molecule is CNc1cccc(C(=O)Nc2cccc(C(C)=O)c2)n1. The molecular formula is C15H15N3O2. The molecule has 0 aliphatic carbocycles. The molecule has 0 spiro atoms. The third kappa shape index (κ3) is 3.20. The molecule has 1 aromatic heterocycles. The number of aromatic nitrogens is 1. The predicted octanol–water partition coefficient (Wildman–Crippen LogP) is 2.58. The molecule has 0 aliphatic heterocycles. The maximum Gasteiger partial charge on any atom is 0.274 e. The number of amides is 1. The van der Waals surface area contributed by atoms with Crippen molar-refractivity contribution >= 4 is 23.2 Å². The van der Waals surface area contributed by atoms with Crippen LogP contribution in [-0.4, -0.2) is 23.7 Å². The van der Waals surface area contributed by atoms with Crippen LogP contribution in [0.4, 0.5) is 11.5 Å². The van der Waals surface area contributed by atoms with Gasteiger partial charge >= 0.3 is 0 Å². The van der Waals surface area contributed by atoms with Crippen LogP contribution in [0.5, 0.6) is 0 Å². The first-order chi connectivity index (χ1) is 9.60. The first-order valence-corrected chi connectivity index (χ1v) is 6.17. The quantitative estimate of drug-likeness (QED) is 0.837. The van der Waals surface area contributed by atoms with E-state index < -0.39 is 0 Å². The van der Waals surface area contributed by atoms with Crippen molar-refractivity contribution in [2.24, 2.45) is 0 Å². The predicted molar refractivity (Wildman–Crippen MR) is 78.2 cm³/mol. The molecule has 0 saturated heterocycles. The summed E-state index contributed by atoms with van der Waals surface area (Å²) in [6.45, 7) is 1.49. The van der Waals surface area contributed by atoms with E-state index in [9.17, 15) is 9.59 Å². The first kappa shape index (κ1) is 13.7. The lowest BCUT2D eigenvalue weighted by molar-refractivity contribution is 0.100. The summed E-state index contributed by atoms with van der Waals surface area (Å²) in [5.41, 5.74) is 1.43. The fraction of sp³-hybridized carbons (Fsp3) is 0.133. The second-order valence-corrected chi connectivity index (χ2v) is 4.25. The number of ketones is 1. The Balaban J connectivity index is 2.18. The van der Waals surface area contributed by atoms with Gasteiger partial charge in [-0.3, -0.25) is 9.59 Å². The number of anilines is 2. The van der Waals surface area contributed by atoms with E-state index in [1.54, 1.807) is 49.5 Å². The van der Waals surface area contributed by atoms with E-state index in [0.29, 0.717) is 22.8 Å². The highest BCUT2D eigenvalue weighted by atomic mass is 16.2. The van der Waals surface area contributed by atoms with E-state index in [1.165, 1.54) is 6.92 Å². The van der Waals surface area contributed by atoms with Crippen molar-refractivity contribution in [1.29, 1.82) is 0 Å². The van der Waals surface area contributed by atoms with Gasteiger partial charge in [-0.15, -0.1) is 0 Å². The normalized spacial score (nSPS) is 9.90. The second kappa shape index (κ2) is 5.97. The molecule has 2 N–H and O–H groups in total. The zero-order valence-electron chi connectivity index (χ0n) is 11.3. The van der Waals surface area contributed by atoms with Crippen LogP contribution < -0.4 is 10.6 Å². The maximum atomic E-state index is 12.1. The molecule has 0 saturated carbocycles. The van der Waals surface area contributed by atoms with Crippen molar-refractivity contribution in [3.05, 3.63) is 53.7 Å². The fourth-order valence-electron chi connectivity index (χ4n) is 1.71. The van der Waals surface area contributed by atoms with E-state index >= 15 is 0 Å². The summed E-state index contributed by atoms with van der Waals surface area (Å²) < 4.78 is 0. The monoisotopic (exact) mass is 269 g/mol. The van der Waals surface area contributed by atoms with Gasteiger partial charge in [-0.1, -0.05) is 18.2 Å². The number of carbonyl (C=O) groups is 2. The number of carbonyl (C=O) groups excluding carboxylic acids is 2. The topological polar surface area (TPSA) is 71.1 Å². The summed E-state index contributed by atoms with van der Waals surface area (Å²) in [5, 5.41) is 5.60. The zero-order valence-corrected chi connectivity index (χ0v) is 11.3. The molecular weight excluding hydrogens is 254 g/mol. The molecule has 0 aliphatic rings. The van der Waals surface area contributed by atoms with Gasteiger partial charge in [0.25, 0.3) is 5.91 Å². The summed E-state index contributed by atoms with van der Waals surface area (Å²) >= 11 is 0. The van der Waals surface area contributed by atoms with Crippen LogP contribution in [0.15, 0.2) is 42.5 Å². The molecule has 0 unspecified atom stereocenters. The van der Waals surface area contributed by atoms with Crippen LogP contribution in [0.2, 0.25) is 0 Å². The van der Waals surface area contributed by atoms with Crippen molar-refractivity contribution in [1.82, 2.24) is 4.98 Å². The molecule has 0 fully saturated rings. The average molecular weight is 269 g/mol. The molecule has 2 aromatic rings. The Labute approximate surface area is 117 Å². The smallest absolute Gasteiger partial charge is 0.274 e. The van der Waals surface area contributed by atoms with Gasteiger partial charge in [-0.2, -0.15) is 0 Å². The summed E-state index contributed by atoms with van der Waals surface area (Å²) in [7, 11) is 1.74. The lowest BCUT2D eigenvalue weighted by Crippen LogP contribution is -2.14. The number of nitrogens with zero attached hydrogens (tertiary/aromatic N) is 1. The van der Waals surface area contributed by atoms with E-state index in [1.807, 2.05) is 0 Å². The maximum absolute atomic E-state index is 12.1. The van der Waals surface area contributed by atoms with Gasteiger partial charge in [0.2, 0.25) is 0 Å². The Morgan fingerprint density at radius 3 is 2.55 bits per heavy atom. The minimum atomic E-state index is -0.317. The highest BCUT2D eigenvalue weighted by molar-refractivity contribution is 6.04. The number of rotatable bonds is 4. The minimum absolute atomic E-state index is 0.0450. The number of hydrogen-bond donors (Lipinski definition) is 2. The van der Waals surface area contributed by atoms with Gasteiger partial charge in [0, 0.05) is 18.3 Å². The van der Waals surface area contributed by atoms with Crippen LogP contribution >= 0.6 is 0 Å². The van der Waals surface area contributed by atoms with Crippen molar-refractivity contribution in [2.75, 3.05) is 17.7 Å². The van der Waals surface area contributed by atoms with Crippen LogP contribution in [0.1, 0.15) is 27.8 Å². The Bertz CT molecular complexity index is 653. The van der Waals surface area contributed by atoms with Gasteiger partial charge < -0.3 is 10.6 Å². The second-order valence-electron chi connectivity index (χ2n) is 4.25. The van der Waals surface area contributed by atoms with Crippen molar-refractivity contribution < 1.29 is 9.59 Å². The van der Waals surface area contributed by atoms with Gasteiger partial charge in [0.05, 0.1) is 0 Å². The van der Waals surface area contributed by atoms with Crippen molar-refractivity contribution in [3.63, 3.8) is 0 Å². The van der Waals surface area contributed by atoms with Crippen molar-refractivity contribution in [3.8, 4) is 0 Å². The molecule has 2 rings (SSSR count). The molecule has 1 amide bonds. The molecule has 0 atom stereocenters. The van der Waals surface area contributed by atoms with Crippen LogP contribution in [0.25, 0.3) is 0 Å². The Kier molecular flexibility index (Phi) is 4.10. The molecule has 102 valence electrons. The average Bonchev–Trinajstić information content (AvgIpc) is 2.47. The van der Waals surface area contributed by atoms with Crippen LogP contribution in [0.3, 0.4) is 0 Å². The van der Waals surface area contributed by atoms with Crippen LogP contribution in [0, 0.1) is 0 Å². The van der Waals surface area contributed by atoms with E-state index in [2.05, 4.69) is 15.6 Å².